The van der Waals surface area contributed by atoms with Gasteiger partial charge in [0, 0.05) is 16.6 Å². The van der Waals surface area contributed by atoms with Gasteiger partial charge in [0.15, 0.2) is 0 Å². The number of thioether (sulfide) groups is 1. The zero-order valence-corrected chi connectivity index (χ0v) is 15.5. The van der Waals surface area contributed by atoms with E-state index in [1.807, 2.05) is 30.5 Å². The summed E-state index contributed by atoms with van der Waals surface area (Å²) in [6.07, 6.45) is 5.59. The first-order valence-corrected chi connectivity index (χ1v) is 9.98. The van der Waals surface area contributed by atoms with Gasteiger partial charge in [-0.1, -0.05) is 0 Å². The van der Waals surface area contributed by atoms with E-state index >= 15 is 0 Å². The Morgan fingerprint density at radius 3 is 2.31 bits per heavy atom. The van der Waals surface area contributed by atoms with Gasteiger partial charge in [0.05, 0.1) is 6.10 Å². The topological polar surface area (TPSA) is 50.4 Å². The normalized spacial score (nSPS) is 19.6. The summed E-state index contributed by atoms with van der Waals surface area (Å²) in [7, 11) is 0. The van der Waals surface area contributed by atoms with Crippen LogP contribution in [0, 0.1) is 5.82 Å². The number of hydrogen-bond donors (Lipinski definition) is 2. The third kappa shape index (κ3) is 5.39. The largest absolute Gasteiger partial charge is 0.490 e. The highest BCUT2D eigenvalue weighted by Gasteiger charge is 2.23. The maximum Gasteiger partial charge on any atom is 0.319 e. The van der Waals surface area contributed by atoms with Crippen molar-refractivity contribution in [1.82, 2.24) is 5.32 Å². The van der Waals surface area contributed by atoms with Crippen molar-refractivity contribution in [2.45, 2.75) is 42.7 Å². The third-order valence-electron chi connectivity index (χ3n) is 4.47. The van der Waals surface area contributed by atoms with Crippen LogP contribution in [0.5, 0.6) is 5.75 Å². The predicted molar refractivity (Wildman–Crippen MR) is 103 cm³/mol. The molecule has 2 amide bonds. The Bertz CT molecular complexity index is 714. The summed E-state index contributed by atoms with van der Waals surface area (Å²) in [4.78, 5) is 13.3. The second-order valence-electron chi connectivity index (χ2n) is 6.37. The number of rotatable bonds is 5. The van der Waals surface area contributed by atoms with Gasteiger partial charge in [-0.15, -0.1) is 11.8 Å². The summed E-state index contributed by atoms with van der Waals surface area (Å²) in [5.41, 5.74) is 0.786. The number of carbonyl (C=O) groups excluding carboxylic acids is 1. The molecule has 26 heavy (non-hydrogen) atoms. The first-order valence-electron chi connectivity index (χ1n) is 8.76. The number of urea groups is 1. The van der Waals surface area contributed by atoms with Crippen molar-refractivity contribution in [3.8, 4) is 5.75 Å². The predicted octanol–water partition coefficient (Wildman–Crippen LogP) is 5.06. The van der Waals surface area contributed by atoms with E-state index in [1.165, 1.54) is 12.1 Å². The first-order chi connectivity index (χ1) is 12.6. The summed E-state index contributed by atoms with van der Waals surface area (Å²) < 4.78 is 18.8. The van der Waals surface area contributed by atoms with Crippen LogP contribution in [0.4, 0.5) is 14.9 Å². The van der Waals surface area contributed by atoms with Gasteiger partial charge in [-0.2, -0.15) is 0 Å². The van der Waals surface area contributed by atoms with E-state index in [0.717, 1.165) is 36.3 Å². The Kier molecular flexibility index (Phi) is 6.39. The number of anilines is 1. The average molecular weight is 374 g/mol. The monoisotopic (exact) mass is 374 g/mol. The molecule has 0 aromatic heterocycles. The minimum Gasteiger partial charge on any atom is -0.490 e. The molecule has 138 valence electrons. The molecule has 2 N–H and O–H groups in total. The Labute approximate surface area is 157 Å². The van der Waals surface area contributed by atoms with E-state index in [0.29, 0.717) is 5.75 Å². The Balaban J connectivity index is 1.41. The molecule has 1 aliphatic rings. The molecular formula is C20H23FN2O2S. The molecule has 4 nitrogen and oxygen atoms in total. The molecule has 0 saturated heterocycles. The van der Waals surface area contributed by atoms with Crippen LogP contribution in [0.2, 0.25) is 0 Å². The van der Waals surface area contributed by atoms with Crippen LogP contribution in [0.1, 0.15) is 25.7 Å². The van der Waals surface area contributed by atoms with Crippen molar-refractivity contribution in [2.24, 2.45) is 0 Å². The molecule has 3 rings (SSSR count). The van der Waals surface area contributed by atoms with Gasteiger partial charge in [0.2, 0.25) is 0 Å². The highest BCUT2D eigenvalue weighted by molar-refractivity contribution is 7.98. The maximum atomic E-state index is 12.9. The molecule has 6 heteroatoms. The van der Waals surface area contributed by atoms with Gasteiger partial charge in [0.25, 0.3) is 0 Å². The van der Waals surface area contributed by atoms with Crippen LogP contribution in [-0.2, 0) is 0 Å². The van der Waals surface area contributed by atoms with Crippen LogP contribution in [0.3, 0.4) is 0 Å². The molecule has 1 fully saturated rings. The van der Waals surface area contributed by atoms with Gasteiger partial charge in [-0.3, -0.25) is 0 Å². The fourth-order valence-electron chi connectivity index (χ4n) is 3.06. The molecule has 0 unspecified atom stereocenters. The molecule has 0 aliphatic heterocycles. The molecule has 0 atom stereocenters. The Morgan fingerprint density at radius 1 is 1.04 bits per heavy atom. The maximum absolute atomic E-state index is 12.9. The lowest BCUT2D eigenvalue weighted by molar-refractivity contribution is 0.141. The molecule has 2 aromatic carbocycles. The second kappa shape index (κ2) is 8.94. The van der Waals surface area contributed by atoms with Gasteiger partial charge >= 0.3 is 6.03 Å². The summed E-state index contributed by atoms with van der Waals surface area (Å²) in [6, 6.07) is 13.8. The molecule has 0 bridgehead atoms. The lowest BCUT2D eigenvalue weighted by atomic mass is 9.93. The van der Waals surface area contributed by atoms with Crippen LogP contribution in [-0.4, -0.2) is 24.4 Å². The van der Waals surface area contributed by atoms with Crippen LogP contribution < -0.4 is 15.4 Å². The van der Waals surface area contributed by atoms with Crippen molar-refractivity contribution >= 4 is 23.5 Å². The van der Waals surface area contributed by atoms with E-state index < -0.39 is 0 Å². The number of halogens is 1. The quantitative estimate of drug-likeness (QED) is 0.719. The van der Waals surface area contributed by atoms with E-state index in [1.54, 1.807) is 23.9 Å². The molecular weight excluding hydrogens is 351 g/mol. The first kappa shape index (κ1) is 18.6. The highest BCUT2D eigenvalue weighted by Crippen LogP contribution is 2.24. The highest BCUT2D eigenvalue weighted by atomic mass is 32.2. The second-order valence-corrected chi connectivity index (χ2v) is 7.25. The lowest BCUT2D eigenvalue weighted by Gasteiger charge is -2.29. The smallest absolute Gasteiger partial charge is 0.319 e. The van der Waals surface area contributed by atoms with E-state index in [9.17, 15) is 9.18 Å². The van der Waals surface area contributed by atoms with E-state index in [4.69, 9.17) is 4.74 Å². The number of carbonyl (C=O) groups is 1. The lowest BCUT2D eigenvalue weighted by Crippen LogP contribution is -2.41. The molecule has 0 heterocycles. The third-order valence-corrected chi connectivity index (χ3v) is 5.22. The van der Waals surface area contributed by atoms with Gasteiger partial charge in [-0.05, 0) is 80.5 Å². The molecule has 0 spiro atoms. The minimum atomic E-state index is -0.264. The number of benzene rings is 2. The number of amides is 2. The summed E-state index contributed by atoms with van der Waals surface area (Å²) in [6.45, 7) is 0. The van der Waals surface area contributed by atoms with Crippen molar-refractivity contribution in [1.29, 1.82) is 0 Å². The van der Waals surface area contributed by atoms with Crippen LogP contribution in [0.25, 0.3) is 0 Å². The average Bonchev–Trinajstić information content (AvgIpc) is 2.66. The number of nitrogens with one attached hydrogen (secondary N) is 2. The SMILES string of the molecule is CSc1ccc(NC(=O)N[C@H]2CC[C@@H](Oc3ccc(F)cc3)CC2)cc1. The van der Waals surface area contributed by atoms with E-state index in [-0.39, 0.29) is 24.0 Å². The summed E-state index contributed by atoms with van der Waals surface area (Å²) in [5, 5.41) is 5.90. The molecule has 0 radical (unpaired) electrons. The van der Waals surface area contributed by atoms with Gasteiger partial charge in [0.1, 0.15) is 11.6 Å². The molecule has 2 aromatic rings. The Hall–Kier alpha value is -2.21. The van der Waals surface area contributed by atoms with Gasteiger partial charge in [-0.25, -0.2) is 9.18 Å². The van der Waals surface area contributed by atoms with Gasteiger partial charge < -0.3 is 15.4 Å². The summed E-state index contributed by atoms with van der Waals surface area (Å²) in [5.74, 6) is 0.425. The zero-order valence-electron chi connectivity index (χ0n) is 14.7. The van der Waals surface area contributed by atoms with Crippen molar-refractivity contribution < 1.29 is 13.9 Å². The number of ether oxygens (including phenoxy) is 1. The van der Waals surface area contributed by atoms with E-state index in [2.05, 4.69) is 10.6 Å². The standard InChI is InChI=1S/C20H23FN2O2S/c1-26-19-12-6-16(7-13-19)23-20(24)22-15-4-10-18(11-5-15)25-17-8-2-14(21)3-9-17/h2-3,6-9,12-13,15,18H,4-5,10-11H2,1H3,(H2,22,23,24)/t15-,18+. The fraction of sp³-hybridized carbons (Fsp3) is 0.350. The minimum absolute atomic E-state index is 0.112. The Morgan fingerprint density at radius 2 is 1.69 bits per heavy atom. The van der Waals surface area contributed by atoms with Crippen molar-refractivity contribution in [3.63, 3.8) is 0 Å². The van der Waals surface area contributed by atoms with Crippen LogP contribution >= 0.6 is 11.8 Å². The zero-order chi connectivity index (χ0) is 18.4. The summed E-state index contributed by atoms with van der Waals surface area (Å²) >= 11 is 1.67. The van der Waals surface area contributed by atoms with Crippen LogP contribution in [0.15, 0.2) is 53.4 Å². The number of hydrogen-bond acceptors (Lipinski definition) is 3. The molecule has 1 aliphatic carbocycles. The van der Waals surface area contributed by atoms with Crippen molar-refractivity contribution in [3.05, 3.63) is 54.3 Å². The fourth-order valence-corrected chi connectivity index (χ4v) is 3.47. The molecule has 1 saturated carbocycles. The van der Waals surface area contributed by atoms with Crippen molar-refractivity contribution in [2.75, 3.05) is 11.6 Å².